The molecule has 0 N–H and O–H groups in total. The Hall–Kier alpha value is -1.90. The quantitative estimate of drug-likeness (QED) is 0.566. The molecule has 0 saturated carbocycles. The minimum atomic E-state index is -1.30. The zero-order valence-corrected chi connectivity index (χ0v) is 12.1. The van der Waals surface area contributed by atoms with Crippen molar-refractivity contribution in [1.29, 1.82) is 0 Å². The highest BCUT2D eigenvalue weighted by Gasteiger charge is 2.24. The fraction of sp³-hybridized carbons (Fsp3) is 0.571. The third-order valence-corrected chi connectivity index (χ3v) is 2.84. The molecule has 0 bridgehead atoms. The molecular weight excluding hydrogens is 294 g/mol. The molecule has 1 aliphatic heterocycles. The van der Waals surface area contributed by atoms with Crippen LogP contribution in [0, 0.1) is 10.1 Å². The Morgan fingerprint density at radius 2 is 1.50 bits per heavy atom. The van der Waals surface area contributed by atoms with Gasteiger partial charge < -0.3 is 23.7 Å². The summed E-state index contributed by atoms with van der Waals surface area (Å²) in [6, 6.07) is 6.80. The molecule has 0 aromatic heterocycles. The molecule has 1 aromatic carbocycles. The lowest BCUT2D eigenvalue weighted by Crippen LogP contribution is -2.32. The van der Waals surface area contributed by atoms with Crippen molar-refractivity contribution in [3.05, 3.63) is 34.4 Å². The summed E-state index contributed by atoms with van der Waals surface area (Å²) in [7, 11) is 0. The zero-order valence-electron chi connectivity index (χ0n) is 12.1. The van der Waals surface area contributed by atoms with Crippen LogP contribution in [-0.2, 0) is 14.2 Å². The fourth-order valence-electron chi connectivity index (χ4n) is 1.79. The molecular formula is C14H19NO7. The van der Waals surface area contributed by atoms with Crippen molar-refractivity contribution in [3.63, 3.8) is 0 Å². The first kappa shape index (κ1) is 16.5. The number of para-hydroxylation sites is 2. The van der Waals surface area contributed by atoms with E-state index in [1.165, 1.54) is 0 Å². The maximum Gasteiger partial charge on any atom is 0.377 e. The third-order valence-electron chi connectivity index (χ3n) is 2.84. The van der Waals surface area contributed by atoms with Gasteiger partial charge in [-0.15, -0.1) is 0 Å². The first-order chi connectivity index (χ1) is 10.8. The first-order valence-corrected chi connectivity index (χ1v) is 7.02. The predicted molar refractivity (Wildman–Crippen MR) is 75.8 cm³/mol. The molecule has 0 fully saturated rings. The highest BCUT2D eigenvalue weighted by Crippen LogP contribution is 2.27. The van der Waals surface area contributed by atoms with E-state index in [2.05, 4.69) is 0 Å². The van der Waals surface area contributed by atoms with Crippen molar-refractivity contribution in [2.75, 3.05) is 46.2 Å². The van der Waals surface area contributed by atoms with Crippen LogP contribution in [0.3, 0.4) is 0 Å². The molecule has 1 heterocycles. The van der Waals surface area contributed by atoms with E-state index in [1.54, 1.807) is 24.3 Å². The van der Waals surface area contributed by atoms with Crippen LogP contribution in [0.5, 0.6) is 11.5 Å². The highest BCUT2D eigenvalue weighted by molar-refractivity contribution is 5.39. The number of ether oxygens (including phenoxy) is 5. The molecule has 1 unspecified atom stereocenters. The van der Waals surface area contributed by atoms with E-state index in [1.807, 2.05) is 0 Å². The number of fused-ring (bicyclic) bond motifs is 1. The van der Waals surface area contributed by atoms with Crippen LogP contribution >= 0.6 is 0 Å². The number of rotatable bonds is 1. The first-order valence-electron chi connectivity index (χ1n) is 7.02. The number of hydrogen-bond donors (Lipinski definition) is 0. The summed E-state index contributed by atoms with van der Waals surface area (Å²) in [6.45, 7) is 2.05. The van der Waals surface area contributed by atoms with Crippen LogP contribution in [0.25, 0.3) is 0 Å². The van der Waals surface area contributed by atoms with Crippen molar-refractivity contribution < 1.29 is 28.6 Å². The van der Waals surface area contributed by atoms with Gasteiger partial charge in [0, 0.05) is 0 Å². The number of nitro groups is 1. The number of benzene rings is 1. The summed E-state index contributed by atoms with van der Waals surface area (Å²) in [6.07, 6.45) is -1.30. The van der Waals surface area contributed by atoms with E-state index in [9.17, 15) is 10.1 Å². The smallest absolute Gasteiger partial charge is 0.377 e. The third kappa shape index (κ3) is 5.47. The minimum absolute atomic E-state index is 0.165. The number of hydrogen-bond acceptors (Lipinski definition) is 7. The van der Waals surface area contributed by atoms with Gasteiger partial charge in [0.15, 0.2) is 18.1 Å². The van der Waals surface area contributed by atoms with Crippen molar-refractivity contribution in [2.24, 2.45) is 0 Å². The average molecular weight is 313 g/mol. The molecule has 0 amide bonds. The molecule has 0 spiro atoms. The highest BCUT2D eigenvalue weighted by atomic mass is 16.7. The van der Waals surface area contributed by atoms with Gasteiger partial charge in [0.1, 0.15) is 6.61 Å². The van der Waals surface area contributed by atoms with Gasteiger partial charge in [0.05, 0.1) is 38.0 Å². The Bertz CT molecular complexity index is 468. The lowest BCUT2D eigenvalue weighted by atomic mass is 10.3. The lowest BCUT2D eigenvalue weighted by Gasteiger charge is -2.15. The molecule has 8 nitrogen and oxygen atoms in total. The maximum atomic E-state index is 11.1. The molecule has 1 aliphatic rings. The molecule has 122 valence electrons. The zero-order chi connectivity index (χ0) is 15.6. The van der Waals surface area contributed by atoms with Crippen LogP contribution in [0.1, 0.15) is 0 Å². The van der Waals surface area contributed by atoms with E-state index < -0.39 is 11.2 Å². The van der Waals surface area contributed by atoms with Crippen LogP contribution in [0.2, 0.25) is 0 Å². The standard InChI is InChI=1S/C14H19NO7/c16-15(17)14-11-20-8-7-18-5-6-19-9-10-21-12-3-1-2-4-13(12)22-14/h1-4,14H,5-11H2. The summed E-state index contributed by atoms with van der Waals surface area (Å²) < 4.78 is 26.8. The van der Waals surface area contributed by atoms with Gasteiger partial charge in [-0.2, -0.15) is 0 Å². The second-order valence-corrected chi connectivity index (χ2v) is 4.45. The molecule has 8 heteroatoms. The molecule has 1 aromatic rings. The second kappa shape index (κ2) is 9.19. The second-order valence-electron chi connectivity index (χ2n) is 4.45. The summed E-state index contributed by atoms with van der Waals surface area (Å²) in [4.78, 5) is 10.5. The fourth-order valence-corrected chi connectivity index (χ4v) is 1.79. The van der Waals surface area contributed by atoms with Gasteiger partial charge in [-0.3, -0.25) is 10.1 Å². The van der Waals surface area contributed by atoms with Gasteiger partial charge in [0.2, 0.25) is 0 Å². The minimum Gasteiger partial charge on any atom is -0.487 e. The van der Waals surface area contributed by atoms with E-state index in [0.29, 0.717) is 44.5 Å². The Kier molecular flexibility index (Phi) is 6.88. The summed E-state index contributed by atoms with van der Waals surface area (Å²) >= 11 is 0. The molecule has 0 saturated heterocycles. The van der Waals surface area contributed by atoms with E-state index >= 15 is 0 Å². The molecule has 0 aliphatic carbocycles. The van der Waals surface area contributed by atoms with Crippen LogP contribution in [-0.4, -0.2) is 57.4 Å². The Morgan fingerprint density at radius 3 is 2.18 bits per heavy atom. The van der Waals surface area contributed by atoms with Crippen LogP contribution < -0.4 is 9.47 Å². The van der Waals surface area contributed by atoms with Gasteiger partial charge in [-0.25, -0.2) is 0 Å². The summed E-state index contributed by atoms with van der Waals surface area (Å²) in [5.41, 5.74) is 0. The Morgan fingerprint density at radius 1 is 0.909 bits per heavy atom. The van der Waals surface area contributed by atoms with Crippen molar-refractivity contribution in [2.45, 2.75) is 6.23 Å². The molecule has 22 heavy (non-hydrogen) atoms. The van der Waals surface area contributed by atoms with Crippen LogP contribution in [0.15, 0.2) is 24.3 Å². The van der Waals surface area contributed by atoms with E-state index in [-0.39, 0.29) is 13.2 Å². The van der Waals surface area contributed by atoms with E-state index in [4.69, 9.17) is 23.7 Å². The SMILES string of the molecule is O=[N+]([O-])C1COCCOCCOCCOc2ccccc2O1. The average Bonchev–Trinajstić information content (AvgIpc) is 2.52. The predicted octanol–water partition coefficient (Wildman–Crippen LogP) is 1.11. The van der Waals surface area contributed by atoms with Crippen molar-refractivity contribution in [3.8, 4) is 11.5 Å². The topological polar surface area (TPSA) is 89.3 Å². The normalized spacial score (nSPS) is 21.4. The van der Waals surface area contributed by atoms with Gasteiger partial charge >= 0.3 is 6.23 Å². The van der Waals surface area contributed by atoms with Gasteiger partial charge in [-0.05, 0) is 12.1 Å². The lowest BCUT2D eigenvalue weighted by molar-refractivity contribution is -0.566. The maximum absolute atomic E-state index is 11.1. The van der Waals surface area contributed by atoms with Gasteiger partial charge in [-0.1, -0.05) is 12.1 Å². The van der Waals surface area contributed by atoms with Crippen molar-refractivity contribution >= 4 is 0 Å². The van der Waals surface area contributed by atoms with E-state index in [0.717, 1.165) is 0 Å². The largest absolute Gasteiger partial charge is 0.487 e. The Balaban J connectivity index is 2.05. The van der Waals surface area contributed by atoms with Crippen LogP contribution in [0.4, 0.5) is 0 Å². The Labute approximate surface area is 128 Å². The molecule has 0 radical (unpaired) electrons. The van der Waals surface area contributed by atoms with Gasteiger partial charge in [0.25, 0.3) is 0 Å². The molecule has 2 rings (SSSR count). The number of nitrogens with zero attached hydrogens (tertiary/aromatic N) is 1. The summed E-state index contributed by atoms with van der Waals surface area (Å²) in [5, 5.41) is 11.1. The summed E-state index contributed by atoms with van der Waals surface area (Å²) in [5.74, 6) is 0.739. The monoisotopic (exact) mass is 313 g/mol. The molecule has 1 atom stereocenters. The van der Waals surface area contributed by atoms with Crippen molar-refractivity contribution in [1.82, 2.24) is 0 Å².